The van der Waals surface area contributed by atoms with Gasteiger partial charge in [0.25, 0.3) is 0 Å². The molecular weight excluding hydrogens is 572 g/mol. The van der Waals surface area contributed by atoms with Crippen molar-refractivity contribution in [3.05, 3.63) is 193 Å². The first-order valence-electron chi connectivity index (χ1n) is 15.7. The van der Waals surface area contributed by atoms with Crippen LogP contribution in [0.25, 0.3) is 55.3 Å². The van der Waals surface area contributed by atoms with Gasteiger partial charge in [0.15, 0.2) is 5.84 Å². The van der Waals surface area contributed by atoms with Crippen molar-refractivity contribution >= 4 is 33.5 Å². The SMILES string of the molecule is N=C(N=C(c1cccc(-c2ccc(-c3ccccc3)cc2)c1)c1ccc2oc3ccccc3c2c1)c1ccc(-c2ccccc2)cc1. The Morgan fingerprint density at radius 3 is 1.55 bits per heavy atom. The average Bonchev–Trinajstić information content (AvgIpc) is 3.53. The van der Waals surface area contributed by atoms with Crippen molar-refractivity contribution in [3.63, 3.8) is 0 Å². The number of para-hydroxylation sites is 1. The van der Waals surface area contributed by atoms with Crippen LogP contribution < -0.4 is 0 Å². The Kier molecular flexibility index (Phi) is 7.33. The molecule has 0 saturated carbocycles. The third-order valence-corrected chi connectivity index (χ3v) is 8.60. The van der Waals surface area contributed by atoms with Gasteiger partial charge in [-0.05, 0) is 63.7 Å². The Bertz CT molecular complexity index is 2390. The van der Waals surface area contributed by atoms with E-state index in [-0.39, 0.29) is 5.84 Å². The third-order valence-electron chi connectivity index (χ3n) is 8.60. The summed E-state index contributed by atoms with van der Waals surface area (Å²) in [6, 6.07) is 60.1. The van der Waals surface area contributed by atoms with E-state index in [4.69, 9.17) is 14.8 Å². The molecule has 8 rings (SSSR count). The van der Waals surface area contributed by atoms with Crippen LogP contribution in [0.3, 0.4) is 0 Å². The van der Waals surface area contributed by atoms with Gasteiger partial charge in [0.1, 0.15) is 11.2 Å². The fourth-order valence-electron chi connectivity index (χ4n) is 6.13. The Morgan fingerprint density at radius 2 is 0.872 bits per heavy atom. The predicted molar refractivity (Wildman–Crippen MR) is 195 cm³/mol. The fourth-order valence-corrected chi connectivity index (χ4v) is 6.13. The van der Waals surface area contributed by atoms with E-state index < -0.39 is 0 Å². The van der Waals surface area contributed by atoms with Crippen LogP contribution in [0.5, 0.6) is 0 Å². The standard InChI is InChI=1S/C44H30N2O/c45-44(35-24-22-33(23-25-35)31-12-5-2-6-13-31)46-43(38-26-27-42-40(29-38)39-16-7-8-17-41(39)47-42)37-15-9-14-36(28-37)34-20-18-32(19-21-34)30-10-3-1-4-11-30/h1-29,45H. The monoisotopic (exact) mass is 602 g/mol. The third kappa shape index (κ3) is 5.67. The average molecular weight is 603 g/mol. The van der Waals surface area contributed by atoms with Gasteiger partial charge >= 0.3 is 0 Å². The summed E-state index contributed by atoms with van der Waals surface area (Å²) in [7, 11) is 0. The van der Waals surface area contributed by atoms with Crippen LogP contribution in [0.15, 0.2) is 185 Å². The molecule has 3 heteroatoms. The molecule has 1 heterocycles. The normalized spacial score (nSPS) is 11.6. The largest absolute Gasteiger partial charge is 0.456 e. The lowest BCUT2D eigenvalue weighted by atomic mass is 9.95. The lowest BCUT2D eigenvalue weighted by Crippen LogP contribution is -2.08. The highest BCUT2D eigenvalue weighted by atomic mass is 16.3. The summed E-state index contributed by atoms with van der Waals surface area (Å²) in [6.45, 7) is 0. The molecule has 0 saturated heterocycles. The molecule has 0 atom stereocenters. The molecule has 0 spiro atoms. The number of aliphatic imine (C=N–C) groups is 1. The lowest BCUT2D eigenvalue weighted by Gasteiger charge is -2.12. The van der Waals surface area contributed by atoms with Crippen LogP contribution in [0.2, 0.25) is 0 Å². The van der Waals surface area contributed by atoms with Gasteiger partial charge in [-0.1, -0.05) is 146 Å². The Morgan fingerprint density at radius 1 is 0.383 bits per heavy atom. The molecule has 47 heavy (non-hydrogen) atoms. The van der Waals surface area contributed by atoms with Crippen LogP contribution in [0.1, 0.15) is 16.7 Å². The second kappa shape index (κ2) is 12.2. The Balaban J connectivity index is 1.21. The van der Waals surface area contributed by atoms with Crippen LogP contribution >= 0.6 is 0 Å². The van der Waals surface area contributed by atoms with E-state index in [1.165, 1.54) is 11.1 Å². The second-order valence-corrected chi connectivity index (χ2v) is 11.6. The number of nitrogens with one attached hydrogen (secondary N) is 1. The zero-order valence-electron chi connectivity index (χ0n) is 25.6. The van der Waals surface area contributed by atoms with E-state index >= 15 is 0 Å². The molecule has 8 aromatic rings. The number of benzene rings is 7. The molecule has 3 nitrogen and oxygen atoms in total. The predicted octanol–water partition coefficient (Wildman–Crippen LogP) is 11.4. The molecule has 7 aromatic carbocycles. The summed E-state index contributed by atoms with van der Waals surface area (Å²) in [5.74, 6) is 0.203. The first-order chi connectivity index (χ1) is 23.2. The van der Waals surface area contributed by atoms with E-state index in [2.05, 4.69) is 109 Å². The van der Waals surface area contributed by atoms with Gasteiger partial charge in [-0.3, -0.25) is 5.41 Å². The van der Waals surface area contributed by atoms with E-state index in [9.17, 15) is 0 Å². The minimum atomic E-state index is 0.203. The first-order valence-corrected chi connectivity index (χ1v) is 15.7. The highest BCUT2D eigenvalue weighted by Gasteiger charge is 2.15. The molecule has 0 fully saturated rings. The molecule has 1 N–H and O–H groups in total. The van der Waals surface area contributed by atoms with Crippen LogP contribution in [-0.4, -0.2) is 11.5 Å². The summed E-state index contributed by atoms with van der Waals surface area (Å²) in [4.78, 5) is 5.02. The maximum atomic E-state index is 9.12. The van der Waals surface area contributed by atoms with Gasteiger partial charge < -0.3 is 4.42 Å². The quantitative estimate of drug-likeness (QED) is 0.149. The van der Waals surface area contributed by atoms with E-state index in [1.54, 1.807) is 0 Å². The van der Waals surface area contributed by atoms with Gasteiger partial charge in [-0.25, -0.2) is 4.99 Å². The number of rotatable bonds is 6. The second-order valence-electron chi connectivity index (χ2n) is 11.6. The molecule has 0 aliphatic heterocycles. The molecular formula is C44H30N2O. The maximum absolute atomic E-state index is 9.12. The summed E-state index contributed by atoms with van der Waals surface area (Å²) in [6.07, 6.45) is 0. The van der Waals surface area contributed by atoms with Crippen molar-refractivity contribution in [2.75, 3.05) is 0 Å². The Labute approximate surface area is 273 Å². The van der Waals surface area contributed by atoms with Gasteiger partial charge in [-0.2, -0.15) is 0 Å². The van der Waals surface area contributed by atoms with Crippen molar-refractivity contribution in [1.82, 2.24) is 0 Å². The van der Waals surface area contributed by atoms with Gasteiger partial charge in [0, 0.05) is 27.5 Å². The zero-order valence-corrected chi connectivity index (χ0v) is 25.6. The molecule has 0 unspecified atom stereocenters. The number of amidine groups is 1. The number of hydrogen-bond acceptors (Lipinski definition) is 2. The minimum Gasteiger partial charge on any atom is -0.456 e. The summed E-state index contributed by atoms with van der Waals surface area (Å²) in [5.41, 5.74) is 11.9. The topological polar surface area (TPSA) is 49.4 Å². The fraction of sp³-hybridized carbons (Fsp3) is 0. The van der Waals surface area contributed by atoms with Gasteiger partial charge in [0.2, 0.25) is 0 Å². The van der Waals surface area contributed by atoms with Crippen molar-refractivity contribution in [1.29, 1.82) is 5.41 Å². The molecule has 0 aliphatic rings. The van der Waals surface area contributed by atoms with E-state index in [0.717, 1.165) is 66.6 Å². The smallest absolute Gasteiger partial charge is 0.152 e. The first kappa shape index (κ1) is 28.2. The van der Waals surface area contributed by atoms with Crippen LogP contribution in [0, 0.1) is 5.41 Å². The summed E-state index contributed by atoms with van der Waals surface area (Å²) < 4.78 is 6.13. The van der Waals surface area contributed by atoms with Crippen molar-refractivity contribution in [3.8, 4) is 33.4 Å². The summed E-state index contributed by atoms with van der Waals surface area (Å²) >= 11 is 0. The lowest BCUT2D eigenvalue weighted by molar-refractivity contribution is 0.669. The minimum absolute atomic E-state index is 0.203. The number of furan rings is 1. The van der Waals surface area contributed by atoms with Gasteiger partial charge in [-0.15, -0.1) is 0 Å². The summed E-state index contributed by atoms with van der Waals surface area (Å²) in [5, 5.41) is 11.2. The van der Waals surface area contributed by atoms with Crippen molar-refractivity contribution < 1.29 is 4.42 Å². The highest BCUT2D eigenvalue weighted by molar-refractivity contribution is 6.21. The molecule has 0 aliphatic carbocycles. The van der Waals surface area contributed by atoms with E-state index in [1.807, 2.05) is 66.7 Å². The molecule has 222 valence electrons. The number of nitrogens with zero attached hydrogens (tertiary/aromatic N) is 1. The molecule has 0 radical (unpaired) electrons. The number of fused-ring (bicyclic) bond motifs is 3. The molecule has 0 bridgehead atoms. The van der Waals surface area contributed by atoms with Crippen LogP contribution in [0.4, 0.5) is 0 Å². The zero-order chi connectivity index (χ0) is 31.6. The van der Waals surface area contributed by atoms with Crippen molar-refractivity contribution in [2.24, 2.45) is 4.99 Å². The molecule has 0 amide bonds. The number of hydrogen-bond donors (Lipinski definition) is 1. The van der Waals surface area contributed by atoms with Crippen molar-refractivity contribution in [2.45, 2.75) is 0 Å². The Hall–Kier alpha value is -6.32. The maximum Gasteiger partial charge on any atom is 0.152 e. The molecule has 1 aromatic heterocycles. The van der Waals surface area contributed by atoms with Crippen LogP contribution in [-0.2, 0) is 0 Å². The highest BCUT2D eigenvalue weighted by Crippen LogP contribution is 2.31. The van der Waals surface area contributed by atoms with Gasteiger partial charge in [0.05, 0.1) is 5.71 Å². The van der Waals surface area contributed by atoms with E-state index in [0.29, 0.717) is 0 Å².